The summed E-state index contributed by atoms with van der Waals surface area (Å²) in [4.78, 5) is 0. The molecule has 0 spiro atoms. The normalized spacial score (nSPS) is 11.7. The molecule has 0 nitrogen and oxygen atoms in total. The summed E-state index contributed by atoms with van der Waals surface area (Å²) in [5, 5.41) is 0. The van der Waals surface area contributed by atoms with Crippen molar-refractivity contribution in [3.8, 4) is 11.1 Å². The second-order valence-electron chi connectivity index (χ2n) is 7.59. The maximum atomic E-state index is 2.45. The Morgan fingerprint density at radius 2 is 1.11 bits per heavy atom. The summed E-state index contributed by atoms with van der Waals surface area (Å²) in [5.41, 5.74) is 9.03. The number of hydrogen-bond donors (Lipinski definition) is 0. The third kappa shape index (κ3) is 3.57. The van der Waals surface area contributed by atoms with Crippen molar-refractivity contribution >= 4 is 3.27 Å². The van der Waals surface area contributed by atoms with E-state index in [2.05, 4.69) is 103 Å². The van der Waals surface area contributed by atoms with E-state index < -0.39 is 21.8 Å². The predicted molar refractivity (Wildman–Crippen MR) is 115 cm³/mol. The molecule has 0 amide bonds. The Kier molecular flexibility index (Phi) is 5.11. The first-order valence-corrected chi connectivity index (χ1v) is 14.7. The van der Waals surface area contributed by atoms with E-state index in [9.17, 15) is 0 Å². The zero-order valence-electron chi connectivity index (χ0n) is 15.9. The molecule has 1 heteroatoms. The van der Waals surface area contributed by atoms with Crippen LogP contribution in [0, 0.1) is 0 Å². The first-order chi connectivity index (χ1) is 13.9. The fourth-order valence-corrected chi connectivity index (χ4v) is 11.7. The average molecular weight is 439 g/mol. The molecule has 0 radical (unpaired) electrons. The molecule has 1 aliphatic carbocycles. The average Bonchev–Trinajstić information content (AvgIpc) is 3.14. The van der Waals surface area contributed by atoms with E-state index in [0.29, 0.717) is 0 Å². The molecule has 4 aromatic rings. The number of rotatable bonds is 5. The Hall–Kier alpha value is -2.24. The molecule has 1 aliphatic rings. The molecule has 0 N–H and O–H groups in total. The van der Waals surface area contributed by atoms with Crippen LogP contribution in [-0.2, 0) is 36.4 Å². The number of hydrogen-bond acceptors (Lipinski definition) is 0. The van der Waals surface area contributed by atoms with E-state index in [-0.39, 0.29) is 0 Å². The molecular weight excluding hydrogens is 416 g/mol. The molecule has 28 heavy (non-hydrogen) atoms. The van der Waals surface area contributed by atoms with Crippen LogP contribution in [0.1, 0.15) is 22.3 Å². The van der Waals surface area contributed by atoms with Crippen molar-refractivity contribution in [1.29, 1.82) is 0 Å². The zero-order chi connectivity index (χ0) is 18.8. The van der Waals surface area contributed by atoms with Gasteiger partial charge in [0.15, 0.2) is 0 Å². The molecule has 0 saturated heterocycles. The molecule has 0 fully saturated rings. The number of fused-ring (bicyclic) bond motifs is 3. The standard InChI is InChI=1S/C13H9.2C7H7.Zr/c1-3-7-12-10(5-1)9-11-6-2-4-8-13(11)12;2*1-7-5-3-2-4-6-7;/h1-5,7-8H,9H2;2*2-6H,1H2;. The molecule has 5 rings (SSSR count). The summed E-state index contributed by atoms with van der Waals surface area (Å²) >= 11 is -1.93. The summed E-state index contributed by atoms with van der Waals surface area (Å²) in [6.07, 6.45) is 1.11. The molecule has 0 atom stereocenters. The molecule has 0 aromatic heterocycles. The third-order valence-corrected chi connectivity index (χ3v) is 12.9. The Balaban J connectivity index is 1.56. The Morgan fingerprint density at radius 1 is 0.536 bits per heavy atom. The van der Waals surface area contributed by atoms with E-state index in [0.717, 1.165) is 6.42 Å². The van der Waals surface area contributed by atoms with Gasteiger partial charge in [-0.05, 0) is 0 Å². The van der Waals surface area contributed by atoms with E-state index >= 15 is 0 Å². The van der Waals surface area contributed by atoms with Crippen molar-refractivity contribution in [2.45, 2.75) is 14.7 Å². The van der Waals surface area contributed by atoms with Crippen molar-refractivity contribution in [3.63, 3.8) is 0 Å². The summed E-state index contributed by atoms with van der Waals surface area (Å²) in [6.45, 7) is 0. The topological polar surface area (TPSA) is 0 Å². The Labute approximate surface area is 175 Å². The molecule has 135 valence electrons. The van der Waals surface area contributed by atoms with Gasteiger partial charge in [-0.2, -0.15) is 0 Å². The van der Waals surface area contributed by atoms with Crippen LogP contribution in [0.4, 0.5) is 0 Å². The van der Waals surface area contributed by atoms with Crippen LogP contribution in [-0.4, -0.2) is 0 Å². The van der Waals surface area contributed by atoms with Gasteiger partial charge in [-0.15, -0.1) is 0 Å². The van der Waals surface area contributed by atoms with E-state index in [1.54, 1.807) is 8.83 Å². The monoisotopic (exact) mass is 437 g/mol. The fourth-order valence-electron chi connectivity index (χ4n) is 4.43. The van der Waals surface area contributed by atoms with E-state index in [1.165, 1.54) is 36.1 Å². The van der Waals surface area contributed by atoms with E-state index in [1.807, 2.05) is 0 Å². The van der Waals surface area contributed by atoms with Gasteiger partial charge in [0.05, 0.1) is 0 Å². The van der Waals surface area contributed by atoms with Crippen LogP contribution in [0.2, 0.25) is 0 Å². The van der Waals surface area contributed by atoms with Crippen molar-refractivity contribution in [2.75, 3.05) is 0 Å². The third-order valence-electron chi connectivity index (χ3n) is 5.75. The SMILES string of the molecule is c1ccc([CH2][Zr]([CH2]c2ccccc2)[c]2cccc3c2Cc2ccccc2-3)cc1. The van der Waals surface area contributed by atoms with Gasteiger partial charge in [0.1, 0.15) is 0 Å². The molecule has 0 saturated carbocycles. The second-order valence-corrected chi connectivity index (χ2v) is 13.6. The van der Waals surface area contributed by atoms with Crippen LogP contribution >= 0.6 is 0 Å². The fraction of sp³-hybridized carbons (Fsp3) is 0.111. The van der Waals surface area contributed by atoms with Gasteiger partial charge in [0, 0.05) is 0 Å². The van der Waals surface area contributed by atoms with Gasteiger partial charge < -0.3 is 0 Å². The summed E-state index contributed by atoms with van der Waals surface area (Å²) in [5.74, 6) is 0. The molecular formula is C27H23Zr. The zero-order valence-corrected chi connectivity index (χ0v) is 18.4. The molecule has 0 bridgehead atoms. The molecule has 4 aromatic carbocycles. The van der Waals surface area contributed by atoms with Crippen molar-refractivity contribution in [2.24, 2.45) is 0 Å². The van der Waals surface area contributed by atoms with Crippen LogP contribution < -0.4 is 3.27 Å². The van der Waals surface area contributed by atoms with Crippen LogP contribution in [0.15, 0.2) is 103 Å². The van der Waals surface area contributed by atoms with Crippen molar-refractivity contribution in [1.82, 2.24) is 0 Å². The van der Waals surface area contributed by atoms with Gasteiger partial charge in [-0.1, -0.05) is 0 Å². The van der Waals surface area contributed by atoms with Crippen LogP contribution in [0.5, 0.6) is 0 Å². The summed E-state index contributed by atoms with van der Waals surface area (Å²) < 4.78 is 4.25. The van der Waals surface area contributed by atoms with Crippen LogP contribution in [0.25, 0.3) is 11.1 Å². The molecule has 0 aliphatic heterocycles. The Morgan fingerprint density at radius 3 is 1.79 bits per heavy atom. The summed E-state index contributed by atoms with van der Waals surface area (Å²) in [6, 6.07) is 38.3. The minimum absolute atomic E-state index is 1.11. The van der Waals surface area contributed by atoms with Gasteiger partial charge in [-0.25, -0.2) is 0 Å². The van der Waals surface area contributed by atoms with Crippen molar-refractivity contribution < 1.29 is 21.8 Å². The van der Waals surface area contributed by atoms with Gasteiger partial charge in [-0.3, -0.25) is 0 Å². The Bertz CT molecular complexity index is 1040. The maximum absolute atomic E-state index is 2.45. The minimum atomic E-state index is -1.93. The quantitative estimate of drug-likeness (QED) is 0.320. The van der Waals surface area contributed by atoms with Crippen molar-refractivity contribution in [3.05, 3.63) is 125 Å². The summed E-state index contributed by atoms with van der Waals surface area (Å²) in [7, 11) is 0. The first kappa shape index (κ1) is 17.8. The predicted octanol–water partition coefficient (Wildman–Crippen LogP) is 5.90. The van der Waals surface area contributed by atoms with Gasteiger partial charge in [0.2, 0.25) is 0 Å². The number of benzene rings is 4. The second kappa shape index (κ2) is 8.02. The molecule has 0 heterocycles. The van der Waals surface area contributed by atoms with Gasteiger partial charge >= 0.3 is 176 Å². The molecule has 0 unspecified atom stereocenters. The first-order valence-electron chi connectivity index (χ1n) is 10.0. The van der Waals surface area contributed by atoms with Crippen LogP contribution in [0.3, 0.4) is 0 Å². The van der Waals surface area contributed by atoms with Gasteiger partial charge in [0.25, 0.3) is 0 Å². The van der Waals surface area contributed by atoms with E-state index in [4.69, 9.17) is 0 Å².